The summed E-state index contributed by atoms with van der Waals surface area (Å²) in [6.45, 7) is 2.68. The van der Waals surface area contributed by atoms with Crippen molar-refractivity contribution in [1.82, 2.24) is 5.32 Å². The van der Waals surface area contributed by atoms with Crippen LogP contribution in [0.2, 0.25) is 0 Å². The molecule has 3 nitrogen and oxygen atoms in total. The minimum Gasteiger partial charge on any atom is -0.493 e. The zero-order valence-corrected chi connectivity index (χ0v) is 10.6. The van der Waals surface area contributed by atoms with E-state index < -0.39 is 0 Å². The summed E-state index contributed by atoms with van der Waals surface area (Å²) in [5.74, 6) is 4.07. The minimum absolute atomic E-state index is 0.242. The van der Waals surface area contributed by atoms with E-state index in [-0.39, 0.29) is 6.04 Å². The molecule has 0 amide bonds. The molecule has 0 radical (unpaired) electrons. The highest BCUT2D eigenvalue weighted by atomic mass is 16.5. The second-order valence-corrected chi connectivity index (χ2v) is 3.66. The lowest BCUT2D eigenvalue weighted by Gasteiger charge is -2.17. The van der Waals surface area contributed by atoms with Crippen LogP contribution in [0.15, 0.2) is 18.2 Å². The summed E-state index contributed by atoms with van der Waals surface area (Å²) in [5.41, 5.74) is 1.15. The van der Waals surface area contributed by atoms with Gasteiger partial charge in [0, 0.05) is 6.04 Å². The summed E-state index contributed by atoms with van der Waals surface area (Å²) in [4.78, 5) is 0. The maximum atomic E-state index is 5.28. The molecular formula is C14H19NO2. The third-order valence-corrected chi connectivity index (χ3v) is 2.67. The Balaban J connectivity index is 2.93. The third kappa shape index (κ3) is 3.40. The third-order valence-electron chi connectivity index (χ3n) is 2.67. The van der Waals surface area contributed by atoms with Crippen LogP contribution >= 0.6 is 0 Å². The Morgan fingerprint density at radius 3 is 2.53 bits per heavy atom. The highest BCUT2D eigenvalue weighted by Crippen LogP contribution is 2.30. The summed E-state index contributed by atoms with van der Waals surface area (Å²) in [6, 6.07) is 6.16. The molecular weight excluding hydrogens is 214 g/mol. The van der Waals surface area contributed by atoms with Gasteiger partial charge in [0.05, 0.1) is 20.8 Å². The van der Waals surface area contributed by atoms with E-state index in [4.69, 9.17) is 15.9 Å². The highest BCUT2D eigenvalue weighted by Gasteiger charge is 2.11. The van der Waals surface area contributed by atoms with Gasteiger partial charge in [0.1, 0.15) is 0 Å². The fraction of sp³-hybridized carbons (Fsp3) is 0.429. The lowest BCUT2D eigenvalue weighted by molar-refractivity contribution is 0.354. The molecule has 0 saturated carbocycles. The van der Waals surface area contributed by atoms with Crippen LogP contribution in [0.5, 0.6) is 11.5 Å². The summed E-state index contributed by atoms with van der Waals surface area (Å²) in [5, 5.41) is 3.29. The SMILES string of the molecule is C#CCNC(CC)c1ccc(OC)c(OC)c1. The number of ether oxygens (including phenoxy) is 2. The Hall–Kier alpha value is -1.66. The van der Waals surface area contributed by atoms with Crippen molar-refractivity contribution in [3.63, 3.8) is 0 Å². The van der Waals surface area contributed by atoms with Crippen LogP contribution in [-0.4, -0.2) is 20.8 Å². The van der Waals surface area contributed by atoms with Crippen molar-refractivity contribution in [3.05, 3.63) is 23.8 Å². The summed E-state index contributed by atoms with van der Waals surface area (Å²) < 4.78 is 10.5. The van der Waals surface area contributed by atoms with E-state index in [0.29, 0.717) is 6.54 Å². The van der Waals surface area contributed by atoms with Gasteiger partial charge in [0.25, 0.3) is 0 Å². The smallest absolute Gasteiger partial charge is 0.161 e. The molecule has 0 aliphatic carbocycles. The molecule has 1 aromatic rings. The average molecular weight is 233 g/mol. The fourth-order valence-electron chi connectivity index (χ4n) is 1.75. The Labute approximate surface area is 103 Å². The van der Waals surface area contributed by atoms with Gasteiger partial charge in [-0.1, -0.05) is 18.9 Å². The molecule has 1 rings (SSSR count). The van der Waals surface area contributed by atoms with E-state index in [1.165, 1.54) is 0 Å². The van der Waals surface area contributed by atoms with Gasteiger partial charge in [0.15, 0.2) is 11.5 Å². The predicted molar refractivity (Wildman–Crippen MR) is 69.4 cm³/mol. The zero-order valence-electron chi connectivity index (χ0n) is 10.6. The van der Waals surface area contributed by atoms with Crippen molar-refractivity contribution in [2.75, 3.05) is 20.8 Å². The molecule has 0 bridgehead atoms. The monoisotopic (exact) mass is 233 g/mol. The summed E-state index contributed by atoms with van der Waals surface area (Å²) in [6.07, 6.45) is 6.22. The number of terminal acetylenes is 1. The van der Waals surface area contributed by atoms with Crippen LogP contribution in [0.1, 0.15) is 24.9 Å². The molecule has 1 N–H and O–H groups in total. The number of benzene rings is 1. The van der Waals surface area contributed by atoms with Crippen LogP contribution in [0.25, 0.3) is 0 Å². The van der Waals surface area contributed by atoms with Gasteiger partial charge in [0.2, 0.25) is 0 Å². The van der Waals surface area contributed by atoms with Gasteiger partial charge >= 0.3 is 0 Å². The largest absolute Gasteiger partial charge is 0.493 e. The normalized spacial score (nSPS) is 11.6. The van der Waals surface area contributed by atoms with Gasteiger partial charge in [-0.3, -0.25) is 5.32 Å². The lowest BCUT2D eigenvalue weighted by atomic mass is 10.0. The van der Waals surface area contributed by atoms with Crippen LogP contribution in [0.3, 0.4) is 0 Å². The number of rotatable bonds is 6. The molecule has 0 aliphatic rings. The molecule has 92 valence electrons. The van der Waals surface area contributed by atoms with Crippen molar-refractivity contribution in [2.24, 2.45) is 0 Å². The van der Waals surface area contributed by atoms with E-state index in [9.17, 15) is 0 Å². The van der Waals surface area contributed by atoms with Crippen LogP contribution in [0, 0.1) is 12.3 Å². The molecule has 0 aromatic heterocycles. The van der Waals surface area contributed by atoms with E-state index in [2.05, 4.69) is 18.2 Å². The van der Waals surface area contributed by atoms with Crippen LogP contribution < -0.4 is 14.8 Å². The molecule has 17 heavy (non-hydrogen) atoms. The quantitative estimate of drug-likeness (QED) is 0.765. The first-order valence-electron chi connectivity index (χ1n) is 5.65. The fourth-order valence-corrected chi connectivity index (χ4v) is 1.75. The van der Waals surface area contributed by atoms with Crippen molar-refractivity contribution < 1.29 is 9.47 Å². The van der Waals surface area contributed by atoms with Crippen molar-refractivity contribution in [2.45, 2.75) is 19.4 Å². The number of methoxy groups -OCH3 is 2. The Bertz CT molecular complexity index is 396. The minimum atomic E-state index is 0.242. The molecule has 0 heterocycles. The average Bonchev–Trinajstić information content (AvgIpc) is 2.39. The predicted octanol–water partition coefficient (Wildman–Crippen LogP) is 2.38. The molecule has 3 heteroatoms. The first-order chi connectivity index (χ1) is 8.26. The first kappa shape index (κ1) is 13.4. The van der Waals surface area contributed by atoms with E-state index in [1.54, 1.807) is 14.2 Å². The standard InChI is InChI=1S/C14H19NO2/c1-5-9-15-12(6-2)11-7-8-13(16-3)14(10-11)17-4/h1,7-8,10,12,15H,6,9H2,2-4H3. The molecule has 0 aliphatic heterocycles. The van der Waals surface area contributed by atoms with Crippen LogP contribution in [-0.2, 0) is 0 Å². The number of nitrogens with one attached hydrogen (secondary N) is 1. The molecule has 0 fully saturated rings. The number of hydrogen-bond donors (Lipinski definition) is 1. The van der Waals surface area contributed by atoms with Crippen LogP contribution in [0.4, 0.5) is 0 Å². The molecule has 1 aromatic carbocycles. The highest BCUT2D eigenvalue weighted by molar-refractivity contribution is 5.43. The topological polar surface area (TPSA) is 30.5 Å². The maximum absolute atomic E-state index is 5.28. The number of hydrogen-bond acceptors (Lipinski definition) is 3. The van der Waals surface area contributed by atoms with Crippen molar-refractivity contribution in [1.29, 1.82) is 0 Å². The first-order valence-corrected chi connectivity index (χ1v) is 5.65. The Morgan fingerprint density at radius 2 is 2.00 bits per heavy atom. The van der Waals surface area contributed by atoms with E-state index in [1.807, 2.05) is 18.2 Å². The van der Waals surface area contributed by atoms with Crippen molar-refractivity contribution in [3.8, 4) is 23.8 Å². The molecule has 0 spiro atoms. The lowest BCUT2D eigenvalue weighted by Crippen LogP contribution is -2.20. The van der Waals surface area contributed by atoms with Gasteiger partial charge < -0.3 is 9.47 Å². The maximum Gasteiger partial charge on any atom is 0.161 e. The summed E-state index contributed by atoms with van der Waals surface area (Å²) in [7, 11) is 3.27. The zero-order chi connectivity index (χ0) is 12.7. The van der Waals surface area contributed by atoms with E-state index >= 15 is 0 Å². The van der Waals surface area contributed by atoms with Crippen molar-refractivity contribution >= 4 is 0 Å². The Kier molecular flexibility index (Phi) is 5.38. The second kappa shape index (κ2) is 6.82. The van der Waals surface area contributed by atoms with Gasteiger partial charge in [-0.15, -0.1) is 6.42 Å². The van der Waals surface area contributed by atoms with E-state index in [0.717, 1.165) is 23.5 Å². The van der Waals surface area contributed by atoms with Gasteiger partial charge in [-0.25, -0.2) is 0 Å². The van der Waals surface area contributed by atoms with Gasteiger partial charge in [-0.2, -0.15) is 0 Å². The molecule has 1 atom stereocenters. The second-order valence-electron chi connectivity index (χ2n) is 3.66. The Morgan fingerprint density at radius 1 is 1.29 bits per heavy atom. The molecule has 1 unspecified atom stereocenters. The van der Waals surface area contributed by atoms with Gasteiger partial charge in [-0.05, 0) is 24.1 Å². The molecule has 0 saturated heterocycles. The summed E-state index contributed by atoms with van der Waals surface area (Å²) >= 11 is 0.